The minimum absolute atomic E-state index is 0.0192. The number of rotatable bonds is 9. The summed E-state index contributed by atoms with van der Waals surface area (Å²) in [5.41, 5.74) is -6.98. The Kier molecular flexibility index (Phi) is 10.5. The normalized spacial score (nSPS) is 33.9. The molecule has 57 heavy (non-hydrogen) atoms. The topological polar surface area (TPSA) is 232 Å². The number of amides is 1. The van der Waals surface area contributed by atoms with Crippen molar-refractivity contribution < 1.29 is 68.1 Å². The van der Waals surface area contributed by atoms with Crippen LogP contribution in [0, 0.1) is 16.7 Å². The molecule has 1 saturated heterocycles. The van der Waals surface area contributed by atoms with Crippen LogP contribution in [-0.4, -0.2) is 104 Å². The molecule has 7 rings (SSSR count). The van der Waals surface area contributed by atoms with Crippen LogP contribution in [0.5, 0.6) is 0 Å². The number of hydrogen-bond acceptors (Lipinski definition) is 14. The number of carbonyl (C=O) groups is 4. The first-order chi connectivity index (χ1) is 26.9. The second-order valence-electron chi connectivity index (χ2n) is 16.2. The first kappa shape index (κ1) is 40.3. The average molecular weight is 790 g/mol. The maximum Gasteiger partial charge on any atom is 0.408 e. The van der Waals surface area contributed by atoms with Crippen LogP contribution in [0.25, 0.3) is 0 Å². The van der Waals surface area contributed by atoms with Gasteiger partial charge >= 0.3 is 18.0 Å². The van der Waals surface area contributed by atoms with Crippen molar-refractivity contribution in [3.8, 4) is 0 Å². The van der Waals surface area contributed by atoms with Crippen LogP contribution in [0.1, 0.15) is 68.3 Å². The SMILES string of the molecule is CC1=C2[C@@H](O)C(=O)[C@@]3(C)[C@H]([C@H](OC(=O)c4ccccc4)[C@](O)(C[C@@H]1OC(=O)[C@H](O)[C@@H](NC(=O)OCc1ccccc1)c1ccco1)C2(C)C)[C@]1(O)CO[C@@H]1C[C@@H]3O. The number of ether oxygens (including phenoxy) is 4. The zero-order valence-corrected chi connectivity index (χ0v) is 31.9. The molecule has 3 fully saturated rings. The van der Waals surface area contributed by atoms with Crippen LogP contribution in [0.15, 0.2) is 94.6 Å². The van der Waals surface area contributed by atoms with Crippen molar-refractivity contribution in [1.82, 2.24) is 5.32 Å². The average Bonchev–Trinajstić information content (AvgIpc) is 3.73. The summed E-state index contributed by atoms with van der Waals surface area (Å²) < 4.78 is 28.5. The molecule has 11 atom stereocenters. The predicted octanol–water partition coefficient (Wildman–Crippen LogP) is 2.68. The zero-order valence-electron chi connectivity index (χ0n) is 31.9. The number of fused-ring (bicyclic) bond motifs is 5. The monoisotopic (exact) mass is 789 g/mol. The van der Waals surface area contributed by atoms with E-state index in [9.17, 15) is 44.7 Å². The first-order valence-electron chi connectivity index (χ1n) is 18.8. The summed E-state index contributed by atoms with van der Waals surface area (Å²) in [6, 6.07) is 18.1. The highest BCUT2D eigenvalue weighted by molar-refractivity contribution is 5.94. The molecule has 2 bridgehead atoms. The van der Waals surface area contributed by atoms with Crippen LogP contribution in [-0.2, 0) is 35.1 Å². The Balaban J connectivity index is 1.26. The molecule has 2 heterocycles. The Morgan fingerprint density at radius 2 is 1.61 bits per heavy atom. The lowest BCUT2D eigenvalue weighted by Gasteiger charge is -2.66. The Hall–Kier alpha value is -4.90. The van der Waals surface area contributed by atoms with Gasteiger partial charge in [-0.2, -0.15) is 0 Å². The fourth-order valence-electron chi connectivity index (χ4n) is 9.39. The third-order valence-corrected chi connectivity index (χ3v) is 12.8. The molecule has 0 spiro atoms. The summed E-state index contributed by atoms with van der Waals surface area (Å²) in [4.78, 5) is 55.5. The number of carbonyl (C=O) groups excluding carboxylic acids is 4. The Morgan fingerprint density at radius 1 is 0.947 bits per heavy atom. The Labute approximate surface area is 328 Å². The largest absolute Gasteiger partial charge is 0.467 e. The molecule has 4 aliphatic rings. The van der Waals surface area contributed by atoms with Gasteiger partial charge in [0.1, 0.15) is 47.9 Å². The van der Waals surface area contributed by atoms with Crippen LogP contribution in [0.4, 0.5) is 4.79 Å². The molecule has 0 unspecified atom stereocenters. The van der Waals surface area contributed by atoms with Crippen molar-refractivity contribution in [2.75, 3.05) is 6.61 Å². The fraction of sp³-hybridized carbons (Fsp3) is 0.476. The molecule has 15 heteroatoms. The number of hydrogen-bond donors (Lipinski definition) is 6. The molecule has 1 aliphatic heterocycles. The van der Waals surface area contributed by atoms with Crippen molar-refractivity contribution in [2.24, 2.45) is 16.7 Å². The summed E-state index contributed by atoms with van der Waals surface area (Å²) in [5, 5.41) is 63.1. The van der Waals surface area contributed by atoms with Gasteiger partial charge in [0.25, 0.3) is 0 Å². The lowest BCUT2D eigenvalue weighted by atomic mass is 9.44. The molecule has 6 N–H and O–H groups in total. The number of aliphatic hydroxyl groups excluding tert-OH is 3. The summed E-state index contributed by atoms with van der Waals surface area (Å²) in [7, 11) is 0. The highest BCUT2D eigenvalue weighted by Gasteiger charge is 2.76. The van der Waals surface area contributed by atoms with Crippen LogP contribution >= 0.6 is 0 Å². The van der Waals surface area contributed by atoms with Crippen molar-refractivity contribution >= 4 is 23.8 Å². The van der Waals surface area contributed by atoms with Gasteiger partial charge in [0.15, 0.2) is 11.9 Å². The van der Waals surface area contributed by atoms with Crippen LogP contribution in [0.2, 0.25) is 0 Å². The van der Waals surface area contributed by atoms with E-state index in [4.69, 9.17) is 23.4 Å². The van der Waals surface area contributed by atoms with E-state index >= 15 is 0 Å². The maximum absolute atomic E-state index is 14.7. The maximum atomic E-state index is 14.7. The lowest BCUT2D eigenvalue weighted by molar-refractivity contribution is -0.343. The van der Waals surface area contributed by atoms with E-state index in [1.807, 2.05) is 0 Å². The van der Waals surface area contributed by atoms with Crippen molar-refractivity contribution in [3.63, 3.8) is 0 Å². The van der Waals surface area contributed by atoms with Crippen LogP contribution in [0.3, 0.4) is 0 Å². The fourth-order valence-corrected chi connectivity index (χ4v) is 9.39. The van der Waals surface area contributed by atoms with Gasteiger partial charge in [-0.1, -0.05) is 62.4 Å². The molecule has 2 saturated carbocycles. The molecule has 1 aromatic heterocycles. The quantitative estimate of drug-likeness (QED) is 0.104. The van der Waals surface area contributed by atoms with E-state index < -0.39 is 101 Å². The van der Waals surface area contributed by atoms with E-state index in [0.717, 1.165) is 0 Å². The summed E-state index contributed by atoms with van der Waals surface area (Å²) >= 11 is 0. The second kappa shape index (κ2) is 14.8. The number of furan rings is 1. The van der Waals surface area contributed by atoms with Gasteiger partial charge in [-0.25, -0.2) is 14.4 Å². The lowest BCUT2D eigenvalue weighted by Crippen LogP contribution is -2.81. The Morgan fingerprint density at radius 3 is 2.23 bits per heavy atom. The summed E-state index contributed by atoms with van der Waals surface area (Å²) in [6.45, 7) is 5.50. The van der Waals surface area contributed by atoms with Gasteiger partial charge in [0.2, 0.25) is 0 Å². The number of ketones is 1. The number of alkyl carbamates (subject to hydrolysis) is 1. The highest BCUT2D eigenvalue weighted by atomic mass is 16.6. The van der Waals surface area contributed by atoms with E-state index in [-0.39, 0.29) is 42.1 Å². The molecule has 1 amide bonds. The molecule has 15 nitrogen and oxygen atoms in total. The third kappa shape index (κ3) is 6.55. The van der Waals surface area contributed by atoms with E-state index in [0.29, 0.717) is 5.56 Å². The minimum atomic E-state index is -2.33. The standard InChI is InChI=1S/C42H47NO14/c1-22-26(56-37(49)32(46)30(25-16-11-17-53-25)43-38(50)54-20-23-12-7-5-8-13-23)19-42(52)35(57-36(48)24-14-9-6-10-15-24)33-40(4,27(44)18-28-41(33,51)21-55-28)34(47)31(45)29(22)39(42,2)3/h5-17,26-28,30-33,35,44-46,51-52H,18-21H2,1-4H3,(H,43,50)/t26-,27-,28+,30-,31+,32+,33-,35-,40+,41-,42+/m0/s1. The van der Waals surface area contributed by atoms with Crippen molar-refractivity contribution in [3.05, 3.63) is 107 Å². The van der Waals surface area contributed by atoms with Gasteiger partial charge < -0.3 is 54.2 Å². The number of Topliss-reactive ketones (excluding diaryl/α,β-unsaturated/α-hetero) is 1. The smallest absolute Gasteiger partial charge is 0.408 e. The number of esters is 2. The van der Waals surface area contributed by atoms with Crippen LogP contribution < -0.4 is 5.32 Å². The van der Waals surface area contributed by atoms with Gasteiger partial charge in [0, 0.05) is 24.2 Å². The van der Waals surface area contributed by atoms with Crippen molar-refractivity contribution in [2.45, 2.75) is 101 Å². The van der Waals surface area contributed by atoms with Gasteiger partial charge in [-0.15, -0.1) is 0 Å². The van der Waals surface area contributed by atoms with E-state index in [1.54, 1.807) is 48.5 Å². The molecule has 3 aliphatic carbocycles. The summed E-state index contributed by atoms with van der Waals surface area (Å²) in [6.07, 6.45) is -10.3. The molecule has 2 aromatic carbocycles. The van der Waals surface area contributed by atoms with Crippen molar-refractivity contribution in [1.29, 1.82) is 0 Å². The van der Waals surface area contributed by atoms with Gasteiger partial charge in [-0.05, 0) is 54.8 Å². The molecular formula is C42H47NO14. The number of aliphatic hydroxyl groups is 5. The first-order valence-corrected chi connectivity index (χ1v) is 18.8. The third-order valence-electron chi connectivity index (χ3n) is 12.8. The molecule has 0 radical (unpaired) electrons. The number of nitrogens with one attached hydrogen (secondary N) is 1. The van der Waals surface area contributed by atoms with E-state index in [2.05, 4.69) is 5.32 Å². The minimum Gasteiger partial charge on any atom is -0.467 e. The Bertz CT molecular complexity index is 2030. The molecule has 304 valence electrons. The zero-order chi connectivity index (χ0) is 41.1. The summed E-state index contributed by atoms with van der Waals surface area (Å²) in [5.74, 6) is -4.67. The molecular weight excluding hydrogens is 742 g/mol. The highest BCUT2D eigenvalue weighted by Crippen LogP contribution is 2.63. The number of benzene rings is 2. The van der Waals surface area contributed by atoms with E-state index in [1.165, 1.54) is 58.2 Å². The predicted molar refractivity (Wildman–Crippen MR) is 197 cm³/mol. The second-order valence-corrected chi connectivity index (χ2v) is 16.2. The van der Waals surface area contributed by atoms with Gasteiger partial charge in [-0.3, -0.25) is 4.79 Å². The van der Waals surface area contributed by atoms with Gasteiger partial charge in [0.05, 0.1) is 36.1 Å². The molecule has 3 aromatic rings.